The molecule has 0 bridgehead atoms. The molecule has 0 atom stereocenters. The Morgan fingerprint density at radius 1 is 1.39 bits per heavy atom. The Kier molecular flexibility index (Phi) is 4.17. The number of halogens is 1. The van der Waals surface area contributed by atoms with Crippen LogP contribution in [0.5, 0.6) is 0 Å². The molecular formula is C12H11ClN2O2S. The van der Waals surface area contributed by atoms with Crippen molar-refractivity contribution < 1.29 is 4.79 Å². The highest BCUT2D eigenvalue weighted by molar-refractivity contribution is 7.16. The maximum Gasteiger partial charge on any atom is 0.251 e. The lowest BCUT2D eigenvalue weighted by molar-refractivity contribution is 0.0954. The zero-order chi connectivity index (χ0) is 13.0. The number of aromatic nitrogens is 1. The van der Waals surface area contributed by atoms with E-state index in [1.807, 2.05) is 12.1 Å². The van der Waals surface area contributed by atoms with E-state index in [1.54, 1.807) is 6.07 Å². The average Bonchev–Trinajstić information content (AvgIpc) is 2.75. The molecule has 2 rings (SSSR count). The van der Waals surface area contributed by atoms with Crippen LogP contribution in [0, 0.1) is 0 Å². The zero-order valence-electron chi connectivity index (χ0n) is 9.40. The van der Waals surface area contributed by atoms with Gasteiger partial charge < -0.3 is 10.3 Å². The predicted molar refractivity (Wildman–Crippen MR) is 72.4 cm³/mol. The molecular weight excluding hydrogens is 272 g/mol. The van der Waals surface area contributed by atoms with Crippen LogP contribution in [0.3, 0.4) is 0 Å². The molecule has 0 unspecified atom stereocenters. The SMILES string of the molecule is O=C(NCCc1ccc(Cl)s1)c1cc[nH]c(=O)c1. The van der Waals surface area contributed by atoms with E-state index < -0.39 is 0 Å². The number of pyridine rings is 1. The van der Waals surface area contributed by atoms with Crippen molar-refractivity contribution in [3.05, 3.63) is 55.6 Å². The van der Waals surface area contributed by atoms with Crippen LogP contribution in [0.2, 0.25) is 4.34 Å². The van der Waals surface area contributed by atoms with Gasteiger partial charge in [0.2, 0.25) is 5.56 Å². The number of rotatable bonds is 4. The highest BCUT2D eigenvalue weighted by Gasteiger charge is 2.05. The third-order valence-electron chi connectivity index (χ3n) is 2.32. The molecule has 94 valence electrons. The van der Waals surface area contributed by atoms with E-state index in [2.05, 4.69) is 10.3 Å². The van der Waals surface area contributed by atoms with Crippen LogP contribution in [0.4, 0.5) is 0 Å². The van der Waals surface area contributed by atoms with Gasteiger partial charge in [0, 0.05) is 29.2 Å². The van der Waals surface area contributed by atoms with Crippen molar-refractivity contribution in [3.8, 4) is 0 Å². The molecule has 18 heavy (non-hydrogen) atoms. The van der Waals surface area contributed by atoms with Crippen LogP contribution in [0.1, 0.15) is 15.2 Å². The fraction of sp³-hybridized carbons (Fsp3) is 0.167. The molecule has 0 radical (unpaired) electrons. The maximum atomic E-state index is 11.7. The lowest BCUT2D eigenvalue weighted by Crippen LogP contribution is -2.26. The number of carbonyl (C=O) groups is 1. The van der Waals surface area contributed by atoms with Gasteiger partial charge in [-0.1, -0.05) is 11.6 Å². The number of hydrogen-bond acceptors (Lipinski definition) is 3. The van der Waals surface area contributed by atoms with Crippen LogP contribution >= 0.6 is 22.9 Å². The van der Waals surface area contributed by atoms with Crippen LogP contribution in [-0.4, -0.2) is 17.4 Å². The van der Waals surface area contributed by atoms with E-state index in [-0.39, 0.29) is 11.5 Å². The highest BCUT2D eigenvalue weighted by Crippen LogP contribution is 2.21. The second-order valence-electron chi connectivity index (χ2n) is 3.65. The molecule has 0 aliphatic carbocycles. The summed E-state index contributed by atoms with van der Waals surface area (Å²) < 4.78 is 0.742. The summed E-state index contributed by atoms with van der Waals surface area (Å²) in [5.74, 6) is -0.247. The normalized spacial score (nSPS) is 10.3. The summed E-state index contributed by atoms with van der Waals surface area (Å²) in [5, 5.41) is 2.76. The molecule has 0 spiro atoms. The molecule has 4 nitrogen and oxygen atoms in total. The second-order valence-corrected chi connectivity index (χ2v) is 5.45. The van der Waals surface area contributed by atoms with Crippen molar-refractivity contribution >= 4 is 28.8 Å². The van der Waals surface area contributed by atoms with Crippen molar-refractivity contribution in [1.29, 1.82) is 0 Å². The monoisotopic (exact) mass is 282 g/mol. The van der Waals surface area contributed by atoms with Gasteiger partial charge in [-0.3, -0.25) is 9.59 Å². The number of aromatic amines is 1. The van der Waals surface area contributed by atoms with E-state index in [9.17, 15) is 9.59 Å². The van der Waals surface area contributed by atoms with Gasteiger partial charge in [0.1, 0.15) is 0 Å². The molecule has 0 saturated carbocycles. The number of carbonyl (C=O) groups excluding carboxylic acids is 1. The average molecular weight is 283 g/mol. The Bertz CT molecular complexity index is 606. The van der Waals surface area contributed by atoms with Crippen molar-refractivity contribution in [3.63, 3.8) is 0 Å². The molecule has 6 heteroatoms. The summed E-state index contributed by atoms with van der Waals surface area (Å²) in [4.78, 5) is 26.3. The fourth-order valence-electron chi connectivity index (χ4n) is 1.47. The van der Waals surface area contributed by atoms with Gasteiger partial charge in [-0.2, -0.15) is 0 Å². The topological polar surface area (TPSA) is 62.0 Å². The summed E-state index contributed by atoms with van der Waals surface area (Å²) in [6.07, 6.45) is 2.18. The molecule has 1 amide bonds. The first-order valence-corrected chi connectivity index (χ1v) is 6.56. The Morgan fingerprint density at radius 2 is 2.22 bits per heavy atom. The van der Waals surface area contributed by atoms with Crippen molar-refractivity contribution in [2.45, 2.75) is 6.42 Å². The maximum absolute atomic E-state index is 11.7. The smallest absolute Gasteiger partial charge is 0.251 e. The van der Waals surface area contributed by atoms with Crippen molar-refractivity contribution in [2.75, 3.05) is 6.54 Å². The first-order chi connectivity index (χ1) is 8.65. The summed E-state index contributed by atoms with van der Waals surface area (Å²) in [7, 11) is 0. The van der Waals surface area contributed by atoms with Crippen LogP contribution in [0.25, 0.3) is 0 Å². The lowest BCUT2D eigenvalue weighted by Gasteiger charge is -2.03. The van der Waals surface area contributed by atoms with Gasteiger partial charge in [-0.05, 0) is 24.6 Å². The second kappa shape index (κ2) is 5.84. The van der Waals surface area contributed by atoms with E-state index in [0.717, 1.165) is 15.6 Å². The lowest BCUT2D eigenvalue weighted by atomic mass is 10.2. The summed E-state index contributed by atoms with van der Waals surface area (Å²) in [6.45, 7) is 0.516. The van der Waals surface area contributed by atoms with Gasteiger partial charge in [-0.25, -0.2) is 0 Å². The summed E-state index contributed by atoms with van der Waals surface area (Å²) >= 11 is 7.30. The van der Waals surface area contributed by atoms with E-state index in [0.29, 0.717) is 12.1 Å². The van der Waals surface area contributed by atoms with Gasteiger partial charge >= 0.3 is 0 Å². The van der Waals surface area contributed by atoms with Gasteiger partial charge in [0.05, 0.1) is 4.34 Å². The van der Waals surface area contributed by atoms with Crippen LogP contribution < -0.4 is 10.9 Å². The minimum atomic E-state index is -0.285. The van der Waals surface area contributed by atoms with Crippen LogP contribution in [0.15, 0.2) is 35.3 Å². The number of amides is 1. The standard InChI is InChI=1S/C12H11ClN2O2S/c13-10-2-1-9(18-10)4-6-15-12(17)8-3-5-14-11(16)7-8/h1-3,5,7H,4,6H2,(H,14,16)(H,15,17). The minimum Gasteiger partial charge on any atom is -0.352 e. The summed E-state index contributed by atoms with van der Waals surface area (Å²) in [6, 6.07) is 6.61. The van der Waals surface area contributed by atoms with E-state index >= 15 is 0 Å². The number of hydrogen-bond donors (Lipinski definition) is 2. The fourth-order valence-corrected chi connectivity index (χ4v) is 2.56. The molecule has 0 saturated heterocycles. The highest BCUT2D eigenvalue weighted by atomic mass is 35.5. The molecule has 2 N–H and O–H groups in total. The first-order valence-electron chi connectivity index (χ1n) is 5.36. The largest absolute Gasteiger partial charge is 0.352 e. The van der Waals surface area contributed by atoms with Gasteiger partial charge in [0.25, 0.3) is 5.91 Å². The van der Waals surface area contributed by atoms with Crippen LogP contribution in [-0.2, 0) is 6.42 Å². The Hall–Kier alpha value is -1.59. The molecule has 0 aliphatic rings. The predicted octanol–water partition coefficient (Wildman–Crippen LogP) is 2.06. The third kappa shape index (κ3) is 3.45. The number of thiophene rings is 1. The van der Waals surface area contributed by atoms with Gasteiger partial charge in [-0.15, -0.1) is 11.3 Å². The van der Waals surface area contributed by atoms with E-state index in [1.165, 1.54) is 23.6 Å². The van der Waals surface area contributed by atoms with Crippen molar-refractivity contribution in [2.24, 2.45) is 0 Å². The zero-order valence-corrected chi connectivity index (χ0v) is 11.0. The molecule has 2 heterocycles. The Labute approximate surface area is 113 Å². The van der Waals surface area contributed by atoms with Crippen molar-refractivity contribution in [1.82, 2.24) is 10.3 Å². The molecule has 0 aromatic carbocycles. The molecule has 2 aromatic rings. The quantitative estimate of drug-likeness (QED) is 0.902. The third-order valence-corrected chi connectivity index (χ3v) is 3.61. The molecule has 0 fully saturated rings. The number of nitrogens with one attached hydrogen (secondary N) is 2. The molecule has 0 aliphatic heterocycles. The minimum absolute atomic E-state index is 0.247. The Morgan fingerprint density at radius 3 is 2.89 bits per heavy atom. The first kappa shape index (κ1) is 12.9. The molecule has 2 aromatic heterocycles. The number of H-pyrrole nitrogens is 1. The van der Waals surface area contributed by atoms with E-state index in [4.69, 9.17) is 11.6 Å². The Balaban J connectivity index is 1.87. The van der Waals surface area contributed by atoms with Gasteiger partial charge in [0.15, 0.2) is 0 Å². The summed E-state index contributed by atoms with van der Waals surface area (Å²) in [5.41, 5.74) is 0.0793.